The molecule has 0 amide bonds. The Labute approximate surface area is 405 Å². The second-order valence-electron chi connectivity index (χ2n) is 19.9. The van der Waals surface area contributed by atoms with Crippen molar-refractivity contribution in [2.24, 2.45) is 0 Å². The van der Waals surface area contributed by atoms with Gasteiger partial charge < -0.3 is 14.2 Å². The lowest BCUT2D eigenvalue weighted by Gasteiger charge is -2.18. The first kappa shape index (κ1) is 63.1. The lowest BCUT2D eigenvalue weighted by molar-refractivity contribution is -0.167. The smallest absolute Gasteiger partial charge is 0.306 e. The molecule has 0 aromatic heterocycles. The molecule has 65 heavy (non-hydrogen) atoms. The van der Waals surface area contributed by atoms with Crippen LogP contribution in [-0.2, 0) is 28.6 Å². The van der Waals surface area contributed by atoms with E-state index in [1.165, 1.54) is 231 Å². The molecule has 0 aromatic carbocycles. The second kappa shape index (κ2) is 54.8. The summed E-state index contributed by atoms with van der Waals surface area (Å²) in [6, 6.07) is 0. The van der Waals surface area contributed by atoms with Crippen LogP contribution in [0.15, 0.2) is 12.2 Å². The Kier molecular flexibility index (Phi) is 53.2. The summed E-state index contributed by atoms with van der Waals surface area (Å²) in [7, 11) is 0. The fourth-order valence-electron chi connectivity index (χ4n) is 8.85. The van der Waals surface area contributed by atoms with Crippen LogP contribution in [0.4, 0.5) is 0 Å². The Bertz CT molecular complexity index is 1010. The molecule has 0 heterocycles. The summed E-state index contributed by atoms with van der Waals surface area (Å²) < 4.78 is 16.8. The Morgan fingerprint density at radius 2 is 0.508 bits per heavy atom. The number of esters is 3. The lowest BCUT2D eigenvalue weighted by atomic mass is 10.0. The Hall–Kier alpha value is -1.85. The quantitative estimate of drug-likeness (QED) is 0.0262. The summed E-state index contributed by atoms with van der Waals surface area (Å²) >= 11 is 0. The van der Waals surface area contributed by atoms with Crippen LogP contribution in [0.3, 0.4) is 0 Å². The Morgan fingerprint density at radius 3 is 0.769 bits per heavy atom. The van der Waals surface area contributed by atoms with Gasteiger partial charge in [0.15, 0.2) is 6.10 Å². The van der Waals surface area contributed by atoms with Crippen molar-refractivity contribution < 1.29 is 28.6 Å². The number of hydrogen-bond donors (Lipinski definition) is 0. The minimum atomic E-state index is -0.765. The summed E-state index contributed by atoms with van der Waals surface area (Å²) in [5.41, 5.74) is 0. The molecule has 6 nitrogen and oxygen atoms in total. The van der Waals surface area contributed by atoms with Crippen molar-refractivity contribution in [1.29, 1.82) is 0 Å². The molecule has 0 saturated carbocycles. The van der Waals surface area contributed by atoms with Crippen LogP contribution >= 0.6 is 0 Å². The molecule has 0 aliphatic heterocycles. The molecule has 0 aromatic rings. The number of carbonyl (C=O) groups is 3. The number of rotatable bonds is 54. The topological polar surface area (TPSA) is 78.9 Å². The van der Waals surface area contributed by atoms with Crippen LogP contribution < -0.4 is 0 Å². The van der Waals surface area contributed by atoms with E-state index in [0.29, 0.717) is 19.3 Å². The molecule has 0 fully saturated rings. The summed E-state index contributed by atoms with van der Waals surface area (Å²) in [6.45, 7) is 6.63. The second-order valence-corrected chi connectivity index (χ2v) is 19.9. The fourth-order valence-corrected chi connectivity index (χ4v) is 8.85. The maximum atomic E-state index is 12.8. The van der Waals surface area contributed by atoms with Crippen molar-refractivity contribution in [2.45, 2.75) is 335 Å². The monoisotopic (exact) mass is 917 g/mol. The van der Waals surface area contributed by atoms with Gasteiger partial charge in [-0.05, 0) is 44.9 Å². The van der Waals surface area contributed by atoms with E-state index in [1.807, 2.05) is 0 Å². The van der Waals surface area contributed by atoms with Crippen LogP contribution in [-0.4, -0.2) is 37.2 Å². The standard InChI is InChI=1S/C59H112O6/c1-4-7-10-13-16-18-20-22-24-26-27-28-29-30-31-32-34-35-37-39-41-43-46-49-52-58(61)64-55-56(54-63-57(60)51-48-45-15-12-9-6-3)65-59(62)53-50-47-44-42-40-38-36-33-25-23-21-19-17-14-11-8-5-2/h23,25,56H,4-22,24,26-55H2,1-3H3/b25-23-. The van der Waals surface area contributed by atoms with Gasteiger partial charge in [-0.1, -0.05) is 277 Å². The number of carbonyl (C=O) groups excluding carboxylic acids is 3. The molecule has 0 saturated heterocycles. The van der Waals surface area contributed by atoms with Gasteiger partial charge in [0, 0.05) is 19.3 Å². The molecule has 0 radical (unpaired) electrons. The van der Waals surface area contributed by atoms with Crippen molar-refractivity contribution >= 4 is 17.9 Å². The molecule has 0 spiro atoms. The van der Waals surface area contributed by atoms with E-state index in [-0.39, 0.29) is 31.1 Å². The normalized spacial score (nSPS) is 12.0. The average Bonchev–Trinajstić information content (AvgIpc) is 3.30. The van der Waals surface area contributed by atoms with Crippen LogP contribution in [0.1, 0.15) is 329 Å². The predicted molar refractivity (Wildman–Crippen MR) is 280 cm³/mol. The molecule has 0 bridgehead atoms. The Balaban J connectivity index is 4.05. The first-order valence-electron chi connectivity index (χ1n) is 29.2. The third-order valence-corrected chi connectivity index (χ3v) is 13.3. The average molecular weight is 918 g/mol. The van der Waals surface area contributed by atoms with Gasteiger partial charge in [0.05, 0.1) is 0 Å². The van der Waals surface area contributed by atoms with Crippen LogP contribution in [0.25, 0.3) is 0 Å². The third-order valence-electron chi connectivity index (χ3n) is 13.3. The molecule has 0 rings (SSSR count). The van der Waals surface area contributed by atoms with Crippen LogP contribution in [0, 0.1) is 0 Å². The molecule has 0 N–H and O–H groups in total. The highest BCUT2D eigenvalue weighted by atomic mass is 16.6. The Morgan fingerprint density at radius 1 is 0.292 bits per heavy atom. The lowest BCUT2D eigenvalue weighted by Crippen LogP contribution is -2.30. The molecular weight excluding hydrogens is 805 g/mol. The van der Waals surface area contributed by atoms with Gasteiger partial charge >= 0.3 is 17.9 Å². The SMILES string of the molecule is CCCCCCCC/C=C\CCCCCCCCCC(=O)OC(COC(=O)CCCCCCCC)COC(=O)CCCCCCCCCCCCCCCCCCCCCCCCCC. The zero-order chi connectivity index (χ0) is 47.2. The summed E-state index contributed by atoms with van der Waals surface area (Å²) in [6.07, 6.45) is 62.4. The maximum absolute atomic E-state index is 12.8. The van der Waals surface area contributed by atoms with Gasteiger partial charge in [0.25, 0.3) is 0 Å². The summed E-state index contributed by atoms with van der Waals surface area (Å²) in [5, 5.41) is 0. The van der Waals surface area contributed by atoms with Crippen molar-refractivity contribution in [1.82, 2.24) is 0 Å². The van der Waals surface area contributed by atoms with E-state index in [2.05, 4.69) is 32.9 Å². The molecule has 0 aliphatic rings. The van der Waals surface area contributed by atoms with E-state index >= 15 is 0 Å². The van der Waals surface area contributed by atoms with Crippen molar-refractivity contribution in [3.63, 3.8) is 0 Å². The summed E-state index contributed by atoms with van der Waals surface area (Å²) in [5.74, 6) is -0.861. The van der Waals surface area contributed by atoms with Crippen molar-refractivity contribution in [3.05, 3.63) is 12.2 Å². The molecule has 0 aliphatic carbocycles. The van der Waals surface area contributed by atoms with Gasteiger partial charge in [0.2, 0.25) is 0 Å². The zero-order valence-electron chi connectivity index (χ0n) is 44.0. The number of unbranched alkanes of at least 4 members (excludes halogenated alkanes) is 41. The number of hydrogen-bond acceptors (Lipinski definition) is 6. The minimum absolute atomic E-state index is 0.0670. The van der Waals surface area contributed by atoms with E-state index in [1.54, 1.807) is 0 Å². The molecule has 6 heteroatoms. The largest absolute Gasteiger partial charge is 0.462 e. The van der Waals surface area contributed by atoms with E-state index in [4.69, 9.17) is 14.2 Å². The zero-order valence-corrected chi connectivity index (χ0v) is 44.0. The van der Waals surface area contributed by atoms with Crippen molar-refractivity contribution in [2.75, 3.05) is 13.2 Å². The molecule has 384 valence electrons. The molecule has 1 atom stereocenters. The number of allylic oxidation sites excluding steroid dienone is 2. The van der Waals surface area contributed by atoms with Gasteiger partial charge in [-0.3, -0.25) is 14.4 Å². The maximum Gasteiger partial charge on any atom is 0.306 e. The first-order chi connectivity index (χ1) is 32.0. The highest BCUT2D eigenvalue weighted by Gasteiger charge is 2.19. The molecule has 1 unspecified atom stereocenters. The van der Waals surface area contributed by atoms with Gasteiger partial charge in [-0.2, -0.15) is 0 Å². The highest BCUT2D eigenvalue weighted by Crippen LogP contribution is 2.17. The molecular formula is C59H112O6. The minimum Gasteiger partial charge on any atom is -0.462 e. The fraction of sp³-hybridized carbons (Fsp3) is 0.915. The highest BCUT2D eigenvalue weighted by molar-refractivity contribution is 5.71. The van der Waals surface area contributed by atoms with Crippen molar-refractivity contribution in [3.8, 4) is 0 Å². The van der Waals surface area contributed by atoms with E-state index < -0.39 is 6.10 Å². The predicted octanol–water partition coefficient (Wildman–Crippen LogP) is 19.3. The van der Waals surface area contributed by atoms with Crippen LogP contribution in [0.2, 0.25) is 0 Å². The van der Waals surface area contributed by atoms with Gasteiger partial charge in [-0.15, -0.1) is 0 Å². The third kappa shape index (κ3) is 53.0. The van der Waals surface area contributed by atoms with Gasteiger partial charge in [-0.25, -0.2) is 0 Å². The van der Waals surface area contributed by atoms with Crippen LogP contribution in [0.5, 0.6) is 0 Å². The van der Waals surface area contributed by atoms with E-state index in [0.717, 1.165) is 57.8 Å². The first-order valence-corrected chi connectivity index (χ1v) is 29.2. The van der Waals surface area contributed by atoms with E-state index in [9.17, 15) is 14.4 Å². The summed E-state index contributed by atoms with van der Waals surface area (Å²) in [4.78, 5) is 37.9. The van der Waals surface area contributed by atoms with Gasteiger partial charge in [0.1, 0.15) is 13.2 Å². The number of ether oxygens (including phenoxy) is 3.